The van der Waals surface area contributed by atoms with Gasteiger partial charge in [-0.3, -0.25) is 20.4 Å². The number of ether oxygens (including phenoxy) is 2. The van der Waals surface area contributed by atoms with Gasteiger partial charge in [-0.15, -0.1) is 11.3 Å². The number of hydrogen-bond acceptors (Lipinski definition) is 7. The van der Waals surface area contributed by atoms with E-state index in [0.717, 1.165) is 18.2 Å². The summed E-state index contributed by atoms with van der Waals surface area (Å²) in [6, 6.07) is 8.96. The van der Waals surface area contributed by atoms with Gasteiger partial charge >= 0.3 is 0 Å². The van der Waals surface area contributed by atoms with Gasteiger partial charge in [-0.1, -0.05) is 18.2 Å². The monoisotopic (exact) mass is 362 g/mol. The molecule has 2 N–H and O–H groups in total. The van der Waals surface area contributed by atoms with Gasteiger partial charge in [-0.05, 0) is 12.1 Å². The normalized spacial score (nSPS) is 14.0. The molecule has 25 heavy (non-hydrogen) atoms. The van der Waals surface area contributed by atoms with Crippen LogP contribution in [0.5, 0.6) is 5.75 Å². The van der Waals surface area contributed by atoms with Crippen LogP contribution >= 0.6 is 11.3 Å². The Kier molecular flexibility index (Phi) is 5.81. The molecule has 0 saturated carbocycles. The quantitative estimate of drug-likeness (QED) is 0.765. The Morgan fingerprint density at radius 2 is 1.96 bits per heavy atom. The molecule has 2 amide bonds. The Balaban J connectivity index is 1.44. The second-order valence-electron chi connectivity index (χ2n) is 5.22. The molecule has 8 nitrogen and oxygen atoms in total. The van der Waals surface area contributed by atoms with Crippen LogP contribution in [-0.4, -0.2) is 49.7 Å². The zero-order chi connectivity index (χ0) is 17.5. The third-order valence-electron chi connectivity index (χ3n) is 3.43. The number of thiazole rings is 1. The summed E-state index contributed by atoms with van der Waals surface area (Å²) in [7, 11) is 0. The minimum absolute atomic E-state index is 0.194. The number of morpholine rings is 1. The Labute approximate surface area is 148 Å². The molecule has 0 aliphatic carbocycles. The van der Waals surface area contributed by atoms with Crippen LogP contribution in [0, 0.1) is 0 Å². The number of para-hydroxylation sites is 1. The van der Waals surface area contributed by atoms with Crippen molar-refractivity contribution in [1.29, 1.82) is 0 Å². The molecule has 2 aromatic rings. The number of nitrogens with zero attached hydrogens (tertiary/aromatic N) is 2. The first-order valence-corrected chi connectivity index (χ1v) is 8.65. The Bertz CT molecular complexity index is 716. The number of nitrogens with one attached hydrogen (secondary N) is 2. The SMILES string of the molecule is O=C(COc1ccccc1)NNC(=O)c1csc(N2CCOCC2)n1. The fourth-order valence-corrected chi connectivity index (χ4v) is 3.02. The number of anilines is 1. The molecule has 1 aromatic carbocycles. The first-order valence-electron chi connectivity index (χ1n) is 7.77. The second kappa shape index (κ2) is 8.45. The standard InChI is InChI=1S/C16H18N4O4S/c21-14(10-24-12-4-2-1-3-5-12)18-19-15(22)13-11-25-16(17-13)20-6-8-23-9-7-20/h1-5,11H,6-10H2,(H,18,21)(H,19,22). The highest BCUT2D eigenvalue weighted by molar-refractivity contribution is 7.13. The van der Waals surface area contributed by atoms with Gasteiger partial charge in [-0.2, -0.15) is 0 Å². The molecule has 1 saturated heterocycles. The fourth-order valence-electron chi connectivity index (χ4n) is 2.16. The Hall–Kier alpha value is -2.65. The van der Waals surface area contributed by atoms with Gasteiger partial charge in [0.15, 0.2) is 11.7 Å². The molecule has 0 radical (unpaired) electrons. The van der Waals surface area contributed by atoms with E-state index in [1.165, 1.54) is 11.3 Å². The molecule has 0 unspecified atom stereocenters. The minimum Gasteiger partial charge on any atom is -0.484 e. The van der Waals surface area contributed by atoms with Crippen molar-refractivity contribution in [3.05, 3.63) is 41.4 Å². The van der Waals surface area contributed by atoms with E-state index < -0.39 is 11.8 Å². The van der Waals surface area contributed by atoms with Crippen LogP contribution in [-0.2, 0) is 9.53 Å². The van der Waals surface area contributed by atoms with Crippen LogP contribution in [0.1, 0.15) is 10.5 Å². The van der Waals surface area contributed by atoms with E-state index in [2.05, 4.69) is 20.7 Å². The van der Waals surface area contributed by atoms with E-state index in [1.807, 2.05) is 18.2 Å². The van der Waals surface area contributed by atoms with E-state index in [1.54, 1.807) is 17.5 Å². The average Bonchev–Trinajstić information content (AvgIpc) is 3.16. The molecule has 1 fully saturated rings. The maximum atomic E-state index is 12.1. The van der Waals surface area contributed by atoms with Gasteiger partial charge in [0, 0.05) is 18.5 Å². The van der Waals surface area contributed by atoms with E-state index in [9.17, 15) is 9.59 Å². The van der Waals surface area contributed by atoms with Gasteiger partial charge in [-0.25, -0.2) is 4.98 Å². The Morgan fingerprint density at radius 3 is 2.72 bits per heavy atom. The summed E-state index contributed by atoms with van der Waals surface area (Å²) in [6.07, 6.45) is 0. The average molecular weight is 362 g/mol. The van der Waals surface area contributed by atoms with E-state index in [4.69, 9.17) is 9.47 Å². The molecule has 3 rings (SSSR count). The van der Waals surface area contributed by atoms with Crippen molar-refractivity contribution in [2.45, 2.75) is 0 Å². The smallest absolute Gasteiger partial charge is 0.289 e. The summed E-state index contributed by atoms with van der Waals surface area (Å²) in [5.41, 5.74) is 4.90. The van der Waals surface area contributed by atoms with Crippen LogP contribution in [0.2, 0.25) is 0 Å². The first kappa shape index (κ1) is 17.2. The third kappa shape index (κ3) is 4.91. The van der Waals surface area contributed by atoms with E-state index in [-0.39, 0.29) is 12.3 Å². The van der Waals surface area contributed by atoms with Crippen LogP contribution < -0.4 is 20.5 Å². The topological polar surface area (TPSA) is 92.8 Å². The number of hydrogen-bond donors (Lipinski definition) is 2. The van der Waals surface area contributed by atoms with Crippen molar-refractivity contribution in [3.8, 4) is 5.75 Å². The number of carbonyl (C=O) groups is 2. The largest absolute Gasteiger partial charge is 0.484 e. The fraction of sp³-hybridized carbons (Fsp3) is 0.312. The molecule has 2 heterocycles. The zero-order valence-electron chi connectivity index (χ0n) is 13.4. The highest BCUT2D eigenvalue weighted by Gasteiger charge is 2.17. The van der Waals surface area contributed by atoms with Gasteiger partial charge in [0.25, 0.3) is 11.8 Å². The molecular formula is C16H18N4O4S. The molecular weight excluding hydrogens is 344 g/mol. The summed E-state index contributed by atoms with van der Waals surface area (Å²) in [4.78, 5) is 30.1. The predicted molar refractivity (Wildman–Crippen MR) is 92.7 cm³/mol. The van der Waals surface area contributed by atoms with Gasteiger partial charge in [0.1, 0.15) is 11.4 Å². The summed E-state index contributed by atoms with van der Waals surface area (Å²) >= 11 is 1.39. The number of hydrazine groups is 1. The zero-order valence-corrected chi connectivity index (χ0v) is 14.3. The molecule has 0 spiro atoms. The Morgan fingerprint density at radius 1 is 1.20 bits per heavy atom. The number of benzene rings is 1. The van der Waals surface area contributed by atoms with Crippen molar-refractivity contribution in [1.82, 2.24) is 15.8 Å². The minimum atomic E-state index is -0.469. The van der Waals surface area contributed by atoms with Crippen LogP contribution in [0.3, 0.4) is 0 Å². The van der Waals surface area contributed by atoms with Crippen LogP contribution in [0.4, 0.5) is 5.13 Å². The van der Waals surface area contributed by atoms with Crippen molar-refractivity contribution >= 4 is 28.3 Å². The molecule has 132 valence electrons. The van der Waals surface area contributed by atoms with E-state index >= 15 is 0 Å². The number of aromatic nitrogens is 1. The number of carbonyl (C=O) groups excluding carboxylic acids is 2. The van der Waals surface area contributed by atoms with Gasteiger partial charge in [0.2, 0.25) is 0 Å². The summed E-state index contributed by atoms with van der Waals surface area (Å²) < 4.78 is 10.6. The third-order valence-corrected chi connectivity index (χ3v) is 4.34. The van der Waals surface area contributed by atoms with Crippen molar-refractivity contribution < 1.29 is 19.1 Å². The van der Waals surface area contributed by atoms with Crippen LogP contribution in [0.25, 0.3) is 0 Å². The molecule has 9 heteroatoms. The molecule has 1 aromatic heterocycles. The van der Waals surface area contributed by atoms with E-state index in [0.29, 0.717) is 19.0 Å². The highest BCUT2D eigenvalue weighted by Crippen LogP contribution is 2.21. The summed E-state index contributed by atoms with van der Waals surface area (Å²) in [5, 5.41) is 2.43. The lowest BCUT2D eigenvalue weighted by Crippen LogP contribution is -2.44. The summed E-state index contributed by atoms with van der Waals surface area (Å²) in [5.74, 6) is -0.344. The molecule has 0 atom stereocenters. The first-order chi connectivity index (χ1) is 12.2. The van der Waals surface area contributed by atoms with Gasteiger partial charge in [0.05, 0.1) is 13.2 Å². The maximum Gasteiger partial charge on any atom is 0.289 e. The number of rotatable bonds is 5. The number of amides is 2. The molecule has 1 aliphatic heterocycles. The molecule has 1 aliphatic rings. The lowest BCUT2D eigenvalue weighted by atomic mass is 10.3. The predicted octanol–water partition coefficient (Wildman–Crippen LogP) is 0.820. The van der Waals surface area contributed by atoms with Crippen molar-refractivity contribution in [3.63, 3.8) is 0 Å². The van der Waals surface area contributed by atoms with Crippen molar-refractivity contribution in [2.75, 3.05) is 37.8 Å². The summed E-state index contributed by atoms with van der Waals surface area (Å²) in [6.45, 7) is 2.61. The highest BCUT2D eigenvalue weighted by atomic mass is 32.1. The van der Waals surface area contributed by atoms with Crippen LogP contribution in [0.15, 0.2) is 35.7 Å². The lowest BCUT2D eigenvalue weighted by molar-refractivity contribution is -0.123. The van der Waals surface area contributed by atoms with Gasteiger partial charge < -0.3 is 14.4 Å². The second-order valence-corrected chi connectivity index (χ2v) is 6.06. The lowest BCUT2D eigenvalue weighted by Gasteiger charge is -2.25. The molecule has 0 bridgehead atoms. The maximum absolute atomic E-state index is 12.1. The van der Waals surface area contributed by atoms with Crippen molar-refractivity contribution in [2.24, 2.45) is 0 Å².